The van der Waals surface area contributed by atoms with E-state index in [2.05, 4.69) is 31.7 Å². The Morgan fingerprint density at radius 2 is 1.89 bits per heavy atom. The highest BCUT2D eigenvalue weighted by molar-refractivity contribution is 5.32. The van der Waals surface area contributed by atoms with Crippen LogP contribution in [0.15, 0.2) is 24.3 Å². The zero-order valence-electron chi connectivity index (χ0n) is 12.1. The minimum Gasteiger partial charge on any atom is -0.496 e. The average molecular weight is 251 g/mol. The monoisotopic (exact) mass is 251 g/mol. The summed E-state index contributed by atoms with van der Waals surface area (Å²) in [5.41, 5.74) is 1.05. The third-order valence-corrected chi connectivity index (χ3v) is 3.12. The third-order valence-electron chi connectivity index (χ3n) is 3.12. The van der Waals surface area contributed by atoms with Gasteiger partial charge in [0.1, 0.15) is 5.75 Å². The van der Waals surface area contributed by atoms with Gasteiger partial charge in [0.25, 0.3) is 0 Å². The summed E-state index contributed by atoms with van der Waals surface area (Å²) in [7, 11) is 3.70. The van der Waals surface area contributed by atoms with Crippen LogP contribution in [-0.2, 0) is 6.54 Å². The first-order chi connectivity index (χ1) is 8.34. The summed E-state index contributed by atoms with van der Waals surface area (Å²) in [5, 5.41) is 10.1. The summed E-state index contributed by atoms with van der Waals surface area (Å²) in [6.07, 6.45) is -0.336. The summed E-state index contributed by atoms with van der Waals surface area (Å²) >= 11 is 0. The lowest BCUT2D eigenvalue weighted by molar-refractivity contribution is 0.0332. The van der Waals surface area contributed by atoms with E-state index in [9.17, 15) is 5.11 Å². The van der Waals surface area contributed by atoms with E-state index in [1.807, 2.05) is 25.2 Å². The average Bonchev–Trinajstić information content (AvgIpc) is 2.28. The lowest BCUT2D eigenvalue weighted by Crippen LogP contribution is -2.37. The van der Waals surface area contributed by atoms with Crippen LogP contribution < -0.4 is 4.74 Å². The molecule has 0 aliphatic carbocycles. The first-order valence-electron chi connectivity index (χ1n) is 6.33. The molecule has 0 spiro atoms. The Kier molecular flexibility index (Phi) is 5.17. The highest BCUT2D eigenvalue weighted by Gasteiger charge is 2.23. The summed E-state index contributed by atoms with van der Waals surface area (Å²) in [6.45, 7) is 7.58. The lowest BCUT2D eigenvalue weighted by atomic mass is 9.89. The van der Waals surface area contributed by atoms with Crippen molar-refractivity contribution >= 4 is 0 Å². The maximum atomic E-state index is 10.1. The molecule has 1 aromatic rings. The Hall–Kier alpha value is -1.06. The summed E-state index contributed by atoms with van der Waals surface area (Å²) in [5.74, 6) is 0.898. The van der Waals surface area contributed by atoms with E-state index in [0.29, 0.717) is 6.54 Å². The quantitative estimate of drug-likeness (QED) is 0.873. The predicted octanol–water partition coefficient (Wildman–Crippen LogP) is 2.53. The fraction of sp³-hybridized carbons (Fsp3) is 0.600. The minimum atomic E-state index is -0.336. The largest absolute Gasteiger partial charge is 0.496 e. The van der Waals surface area contributed by atoms with Crippen molar-refractivity contribution in [3.8, 4) is 5.75 Å². The van der Waals surface area contributed by atoms with Crippen LogP contribution in [-0.4, -0.2) is 36.8 Å². The third kappa shape index (κ3) is 4.31. The van der Waals surface area contributed by atoms with Gasteiger partial charge < -0.3 is 9.84 Å². The number of rotatable bonds is 5. The van der Waals surface area contributed by atoms with Crippen molar-refractivity contribution in [2.75, 3.05) is 20.7 Å². The second-order valence-corrected chi connectivity index (χ2v) is 5.89. The highest BCUT2D eigenvalue weighted by Crippen LogP contribution is 2.22. The van der Waals surface area contributed by atoms with E-state index in [1.165, 1.54) is 0 Å². The molecule has 18 heavy (non-hydrogen) atoms. The number of aliphatic hydroxyl groups excluding tert-OH is 1. The molecule has 1 N–H and O–H groups in total. The normalized spacial score (nSPS) is 13.7. The molecule has 1 atom stereocenters. The number of hydrogen-bond donors (Lipinski definition) is 1. The van der Waals surface area contributed by atoms with Crippen molar-refractivity contribution in [3.05, 3.63) is 29.8 Å². The zero-order valence-corrected chi connectivity index (χ0v) is 12.1. The van der Waals surface area contributed by atoms with Crippen LogP contribution in [0.3, 0.4) is 0 Å². The van der Waals surface area contributed by atoms with E-state index in [-0.39, 0.29) is 11.5 Å². The van der Waals surface area contributed by atoms with E-state index >= 15 is 0 Å². The molecule has 0 amide bonds. The Morgan fingerprint density at radius 3 is 2.44 bits per heavy atom. The van der Waals surface area contributed by atoms with Gasteiger partial charge in [-0.25, -0.2) is 0 Å². The molecule has 0 aliphatic rings. The van der Waals surface area contributed by atoms with Gasteiger partial charge in [0.15, 0.2) is 0 Å². The van der Waals surface area contributed by atoms with Crippen molar-refractivity contribution in [1.29, 1.82) is 0 Å². The molecule has 0 radical (unpaired) electrons. The number of hydrogen-bond acceptors (Lipinski definition) is 3. The van der Waals surface area contributed by atoms with Crippen LogP contribution >= 0.6 is 0 Å². The summed E-state index contributed by atoms with van der Waals surface area (Å²) < 4.78 is 5.33. The lowest BCUT2D eigenvalue weighted by Gasteiger charge is -2.30. The van der Waals surface area contributed by atoms with E-state index in [0.717, 1.165) is 17.9 Å². The molecule has 1 aromatic carbocycles. The number of aliphatic hydroxyl groups is 1. The molecule has 0 aliphatic heterocycles. The van der Waals surface area contributed by atoms with Crippen LogP contribution in [0.1, 0.15) is 26.3 Å². The van der Waals surface area contributed by atoms with Crippen LogP contribution in [0.2, 0.25) is 0 Å². The van der Waals surface area contributed by atoms with Crippen molar-refractivity contribution in [2.45, 2.75) is 33.4 Å². The van der Waals surface area contributed by atoms with Gasteiger partial charge >= 0.3 is 0 Å². The van der Waals surface area contributed by atoms with Crippen LogP contribution in [0.25, 0.3) is 0 Å². The molecular formula is C15H25NO2. The van der Waals surface area contributed by atoms with Crippen LogP contribution in [0, 0.1) is 5.41 Å². The molecule has 1 unspecified atom stereocenters. The topological polar surface area (TPSA) is 32.7 Å². The van der Waals surface area contributed by atoms with Gasteiger partial charge in [-0.2, -0.15) is 0 Å². The molecular weight excluding hydrogens is 226 g/mol. The van der Waals surface area contributed by atoms with Crippen molar-refractivity contribution < 1.29 is 9.84 Å². The zero-order chi connectivity index (χ0) is 13.8. The SMILES string of the molecule is COc1ccccc1CN(C)CC(O)C(C)(C)C. The number of nitrogens with zero attached hydrogens (tertiary/aromatic N) is 1. The van der Waals surface area contributed by atoms with E-state index < -0.39 is 0 Å². The fourth-order valence-corrected chi connectivity index (χ4v) is 1.76. The molecule has 0 fully saturated rings. The molecule has 0 aromatic heterocycles. The van der Waals surface area contributed by atoms with Gasteiger partial charge in [0.2, 0.25) is 0 Å². The van der Waals surface area contributed by atoms with Gasteiger partial charge in [-0.15, -0.1) is 0 Å². The van der Waals surface area contributed by atoms with Crippen molar-refractivity contribution in [3.63, 3.8) is 0 Å². The molecule has 3 heteroatoms. The maximum absolute atomic E-state index is 10.1. The molecule has 3 nitrogen and oxygen atoms in total. The van der Waals surface area contributed by atoms with Crippen molar-refractivity contribution in [1.82, 2.24) is 4.90 Å². The van der Waals surface area contributed by atoms with Gasteiger partial charge in [-0.05, 0) is 18.5 Å². The molecule has 0 heterocycles. The first kappa shape index (κ1) is 15.0. The van der Waals surface area contributed by atoms with Gasteiger partial charge in [-0.3, -0.25) is 4.90 Å². The Morgan fingerprint density at radius 1 is 1.28 bits per heavy atom. The van der Waals surface area contributed by atoms with Crippen LogP contribution in [0.4, 0.5) is 0 Å². The molecule has 0 saturated heterocycles. The van der Waals surface area contributed by atoms with Gasteiger partial charge in [-0.1, -0.05) is 39.0 Å². The Bertz CT molecular complexity index is 371. The number of likely N-dealkylation sites (N-methyl/N-ethyl adjacent to an activating group) is 1. The highest BCUT2D eigenvalue weighted by atomic mass is 16.5. The van der Waals surface area contributed by atoms with Crippen molar-refractivity contribution in [2.24, 2.45) is 5.41 Å². The predicted molar refractivity (Wildman–Crippen MR) is 74.8 cm³/mol. The number of para-hydroxylation sites is 1. The second kappa shape index (κ2) is 6.21. The molecule has 0 saturated carbocycles. The second-order valence-electron chi connectivity index (χ2n) is 5.89. The van der Waals surface area contributed by atoms with Gasteiger partial charge in [0, 0.05) is 18.7 Å². The molecule has 0 bridgehead atoms. The smallest absolute Gasteiger partial charge is 0.123 e. The van der Waals surface area contributed by atoms with Gasteiger partial charge in [0.05, 0.1) is 13.2 Å². The summed E-state index contributed by atoms with van der Waals surface area (Å²) in [4.78, 5) is 2.12. The molecule has 102 valence electrons. The Labute approximate surface area is 110 Å². The number of methoxy groups -OCH3 is 1. The number of benzene rings is 1. The minimum absolute atomic E-state index is 0.0883. The first-order valence-corrected chi connectivity index (χ1v) is 6.33. The number of ether oxygens (including phenoxy) is 1. The fourth-order valence-electron chi connectivity index (χ4n) is 1.76. The maximum Gasteiger partial charge on any atom is 0.123 e. The Balaban J connectivity index is 2.62. The van der Waals surface area contributed by atoms with E-state index in [4.69, 9.17) is 4.74 Å². The molecule has 1 rings (SSSR count). The van der Waals surface area contributed by atoms with Crippen LogP contribution in [0.5, 0.6) is 5.75 Å². The summed E-state index contributed by atoms with van der Waals surface area (Å²) in [6, 6.07) is 7.99. The standard InChI is InChI=1S/C15H25NO2/c1-15(2,3)14(17)11-16(4)10-12-8-6-7-9-13(12)18-5/h6-9,14,17H,10-11H2,1-5H3. The van der Waals surface area contributed by atoms with E-state index in [1.54, 1.807) is 7.11 Å².